The molecule has 1 aromatic carbocycles. The minimum absolute atomic E-state index is 0.0387. The number of anilines is 1. The number of nitrogens with one attached hydrogen (secondary N) is 1. The van der Waals surface area contributed by atoms with Crippen molar-refractivity contribution < 1.29 is 4.92 Å². The van der Waals surface area contributed by atoms with Gasteiger partial charge < -0.3 is 15.6 Å². The number of nitro groups is 1. The van der Waals surface area contributed by atoms with Gasteiger partial charge in [0.1, 0.15) is 4.47 Å². The Hall–Kier alpha value is -1.19. The van der Waals surface area contributed by atoms with E-state index >= 15 is 0 Å². The van der Waals surface area contributed by atoms with E-state index in [4.69, 9.17) is 5.73 Å². The van der Waals surface area contributed by atoms with Crippen LogP contribution in [0.1, 0.15) is 12.8 Å². The van der Waals surface area contributed by atoms with E-state index in [-0.39, 0.29) is 11.7 Å². The summed E-state index contributed by atoms with van der Waals surface area (Å²) in [4.78, 5) is 20.5. The van der Waals surface area contributed by atoms with Crippen LogP contribution in [-0.2, 0) is 0 Å². The van der Waals surface area contributed by atoms with E-state index in [0.29, 0.717) is 32.5 Å². The first-order valence-electron chi connectivity index (χ1n) is 6.50. The zero-order chi connectivity index (χ0) is 15.1. The van der Waals surface area contributed by atoms with Crippen molar-refractivity contribution >= 4 is 54.5 Å². The number of rotatable bonds is 2. The molecule has 0 amide bonds. The molecule has 1 aliphatic rings. The van der Waals surface area contributed by atoms with Gasteiger partial charge in [0.15, 0.2) is 5.52 Å². The van der Waals surface area contributed by atoms with Crippen molar-refractivity contribution in [2.24, 2.45) is 5.73 Å². The predicted molar refractivity (Wildman–Crippen MR) is 87.6 cm³/mol. The van der Waals surface area contributed by atoms with Crippen LogP contribution >= 0.6 is 31.9 Å². The van der Waals surface area contributed by atoms with Gasteiger partial charge in [-0.1, -0.05) is 0 Å². The van der Waals surface area contributed by atoms with Crippen molar-refractivity contribution in [3.63, 3.8) is 0 Å². The number of H-pyrrole nitrogens is 1. The standard InChI is InChI=1S/C12H13Br2N5O2/c13-7-4-8-10(11(9(7)14)19(20)21)17-12(16-8)18-3-1-2-6(15)5-18/h4,6H,1-3,5,15H2,(H,16,17). The fraction of sp³-hybridized carbons (Fsp3) is 0.417. The quantitative estimate of drug-likeness (QED) is 0.576. The van der Waals surface area contributed by atoms with Crippen molar-refractivity contribution in [3.05, 3.63) is 25.1 Å². The van der Waals surface area contributed by atoms with Crippen LogP contribution in [0.2, 0.25) is 0 Å². The Bertz CT molecular complexity index is 717. The molecule has 0 saturated carbocycles. The average Bonchev–Trinajstić information content (AvgIpc) is 2.82. The summed E-state index contributed by atoms with van der Waals surface area (Å²) in [6.45, 7) is 1.56. The highest BCUT2D eigenvalue weighted by atomic mass is 79.9. The zero-order valence-electron chi connectivity index (χ0n) is 11.0. The lowest BCUT2D eigenvalue weighted by Crippen LogP contribution is -2.43. The third-order valence-corrected chi connectivity index (χ3v) is 5.53. The van der Waals surface area contributed by atoms with Crippen LogP contribution in [-0.4, -0.2) is 34.0 Å². The molecule has 0 spiro atoms. The molecule has 1 fully saturated rings. The predicted octanol–water partition coefficient (Wildman–Crippen LogP) is 2.92. The number of nitrogens with zero attached hydrogens (tertiary/aromatic N) is 3. The molecule has 112 valence electrons. The van der Waals surface area contributed by atoms with Crippen LogP contribution in [0.3, 0.4) is 0 Å². The van der Waals surface area contributed by atoms with Gasteiger partial charge >= 0.3 is 5.69 Å². The molecule has 1 aromatic heterocycles. The molecule has 1 unspecified atom stereocenters. The van der Waals surface area contributed by atoms with Crippen molar-refractivity contribution in [3.8, 4) is 0 Å². The molecule has 3 rings (SSSR count). The van der Waals surface area contributed by atoms with E-state index in [9.17, 15) is 10.1 Å². The second-order valence-corrected chi connectivity index (χ2v) is 6.73. The minimum atomic E-state index is -0.427. The first kappa shape index (κ1) is 14.7. The summed E-state index contributed by atoms with van der Waals surface area (Å²) in [5, 5.41) is 11.3. The van der Waals surface area contributed by atoms with E-state index in [0.717, 1.165) is 19.4 Å². The molecule has 21 heavy (non-hydrogen) atoms. The average molecular weight is 419 g/mol. The first-order valence-corrected chi connectivity index (χ1v) is 8.08. The Balaban J connectivity index is 2.11. The van der Waals surface area contributed by atoms with Crippen LogP contribution in [0.4, 0.5) is 11.6 Å². The summed E-state index contributed by atoms with van der Waals surface area (Å²) in [6.07, 6.45) is 1.99. The molecule has 3 N–H and O–H groups in total. The van der Waals surface area contributed by atoms with Gasteiger partial charge in [-0.2, -0.15) is 0 Å². The Morgan fingerprint density at radius 3 is 2.95 bits per heavy atom. The van der Waals surface area contributed by atoms with Crippen molar-refractivity contribution in [1.82, 2.24) is 9.97 Å². The zero-order valence-corrected chi connectivity index (χ0v) is 14.1. The number of imidazole rings is 1. The lowest BCUT2D eigenvalue weighted by atomic mass is 10.1. The number of aromatic amines is 1. The lowest BCUT2D eigenvalue weighted by molar-refractivity contribution is -0.384. The Morgan fingerprint density at radius 2 is 2.29 bits per heavy atom. The molecule has 0 aliphatic carbocycles. The van der Waals surface area contributed by atoms with Gasteiger partial charge in [0.25, 0.3) is 0 Å². The van der Waals surface area contributed by atoms with Crippen LogP contribution in [0.15, 0.2) is 15.0 Å². The van der Waals surface area contributed by atoms with Crippen LogP contribution in [0, 0.1) is 10.1 Å². The van der Waals surface area contributed by atoms with E-state index < -0.39 is 4.92 Å². The van der Waals surface area contributed by atoms with E-state index in [1.54, 1.807) is 6.07 Å². The van der Waals surface area contributed by atoms with E-state index in [1.165, 1.54) is 0 Å². The van der Waals surface area contributed by atoms with Gasteiger partial charge in [0.2, 0.25) is 5.95 Å². The smallest absolute Gasteiger partial charge is 0.312 e. The molecule has 1 saturated heterocycles. The van der Waals surface area contributed by atoms with Gasteiger partial charge in [-0.05, 0) is 50.8 Å². The maximum Gasteiger partial charge on any atom is 0.312 e. The Kier molecular flexibility index (Phi) is 3.89. The highest BCUT2D eigenvalue weighted by Crippen LogP contribution is 2.39. The monoisotopic (exact) mass is 417 g/mol. The maximum absolute atomic E-state index is 11.3. The number of hydrogen-bond acceptors (Lipinski definition) is 5. The highest BCUT2D eigenvalue weighted by Gasteiger charge is 2.26. The van der Waals surface area contributed by atoms with Gasteiger partial charge in [0, 0.05) is 23.6 Å². The molecule has 0 radical (unpaired) electrons. The number of nitrogens with two attached hydrogens (primary N) is 1. The summed E-state index contributed by atoms with van der Waals surface area (Å²) < 4.78 is 1.01. The lowest BCUT2D eigenvalue weighted by Gasteiger charge is -2.30. The molecular formula is C12H13Br2N5O2. The summed E-state index contributed by atoms with van der Waals surface area (Å²) in [5.74, 6) is 0.633. The van der Waals surface area contributed by atoms with Gasteiger partial charge in [-0.25, -0.2) is 4.98 Å². The summed E-state index contributed by atoms with van der Waals surface area (Å²) in [5.41, 5.74) is 6.92. The maximum atomic E-state index is 11.3. The Labute approximate surface area is 137 Å². The molecule has 9 heteroatoms. The molecular weight excluding hydrogens is 406 g/mol. The highest BCUT2D eigenvalue weighted by molar-refractivity contribution is 9.13. The fourth-order valence-corrected chi connectivity index (χ4v) is 3.45. The van der Waals surface area contributed by atoms with Crippen LogP contribution in [0.5, 0.6) is 0 Å². The van der Waals surface area contributed by atoms with Gasteiger partial charge in [0.05, 0.1) is 10.4 Å². The first-order chi connectivity index (χ1) is 9.97. The second kappa shape index (κ2) is 5.54. The molecule has 1 atom stereocenters. The Morgan fingerprint density at radius 1 is 1.52 bits per heavy atom. The van der Waals surface area contributed by atoms with Crippen LogP contribution in [0.25, 0.3) is 11.0 Å². The molecule has 0 bridgehead atoms. The number of piperidine rings is 1. The third kappa shape index (κ3) is 2.65. The SMILES string of the molecule is NC1CCCN(c2nc3c([N+](=O)[O-])c(Br)c(Br)cc3[nH]2)C1. The normalized spacial score (nSPS) is 19.2. The summed E-state index contributed by atoms with van der Waals surface area (Å²) >= 11 is 6.56. The van der Waals surface area contributed by atoms with Crippen molar-refractivity contribution in [2.75, 3.05) is 18.0 Å². The third-order valence-electron chi connectivity index (χ3n) is 3.57. The van der Waals surface area contributed by atoms with Crippen molar-refractivity contribution in [2.45, 2.75) is 18.9 Å². The number of fused-ring (bicyclic) bond motifs is 1. The summed E-state index contributed by atoms with van der Waals surface area (Å²) in [7, 11) is 0. The van der Waals surface area contributed by atoms with Crippen LogP contribution < -0.4 is 10.6 Å². The van der Waals surface area contributed by atoms with Gasteiger partial charge in [-0.15, -0.1) is 0 Å². The van der Waals surface area contributed by atoms with Gasteiger partial charge in [-0.3, -0.25) is 10.1 Å². The topological polar surface area (TPSA) is 101 Å². The van der Waals surface area contributed by atoms with E-state index in [1.807, 2.05) is 4.90 Å². The molecule has 7 nitrogen and oxygen atoms in total. The number of hydrogen-bond donors (Lipinski definition) is 2. The minimum Gasteiger partial charge on any atom is -0.341 e. The molecule has 1 aliphatic heterocycles. The number of halogens is 2. The molecule has 2 heterocycles. The fourth-order valence-electron chi connectivity index (χ4n) is 2.58. The molecule has 2 aromatic rings. The number of benzene rings is 1. The summed E-state index contributed by atoms with van der Waals surface area (Å²) in [6, 6.07) is 1.90. The number of aromatic nitrogens is 2. The second-order valence-electron chi connectivity index (χ2n) is 5.08. The van der Waals surface area contributed by atoms with Crippen molar-refractivity contribution in [1.29, 1.82) is 0 Å². The number of nitro benzene ring substituents is 1. The van der Waals surface area contributed by atoms with E-state index in [2.05, 4.69) is 41.8 Å². The largest absolute Gasteiger partial charge is 0.341 e.